The second-order valence-corrected chi connectivity index (χ2v) is 0.793. The summed E-state index contributed by atoms with van der Waals surface area (Å²) in [6, 6.07) is 3.67. The van der Waals surface area contributed by atoms with E-state index >= 15 is 0 Å². The van der Waals surface area contributed by atoms with Crippen LogP contribution >= 0.6 is 0 Å². The molecule has 0 bridgehead atoms. The standard InChI is InChI=1S/C4H4O.2CH4O/c1-2-4-5-3-1;2*1-2/h1-4H;2*2H,1H3. The molecule has 1 heterocycles. The van der Waals surface area contributed by atoms with Gasteiger partial charge in [-0.2, -0.15) is 0 Å². The van der Waals surface area contributed by atoms with Crippen molar-refractivity contribution in [2.24, 2.45) is 0 Å². The zero-order chi connectivity index (χ0) is 7.54. The molecule has 1 rings (SSSR count). The summed E-state index contributed by atoms with van der Waals surface area (Å²) in [4.78, 5) is 0. The van der Waals surface area contributed by atoms with Crippen molar-refractivity contribution in [3.8, 4) is 0 Å². The second kappa shape index (κ2) is 15.7. The fourth-order valence-electron chi connectivity index (χ4n) is 0.227. The summed E-state index contributed by atoms with van der Waals surface area (Å²) >= 11 is 0. The highest BCUT2D eigenvalue weighted by atomic mass is 16.3. The highest BCUT2D eigenvalue weighted by molar-refractivity contribution is 4.79. The van der Waals surface area contributed by atoms with E-state index in [1.165, 1.54) is 0 Å². The lowest BCUT2D eigenvalue weighted by molar-refractivity contribution is 0.399. The van der Waals surface area contributed by atoms with Crippen LogP contribution in [0.25, 0.3) is 0 Å². The molecule has 2 N–H and O–H groups in total. The van der Waals surface area contributed by atoms with Crippen LogP contribution in [0.15, 0.2) is 29.1 Å². The monoisotopic (exact) mass is 132 g/mol. The zero-order valence-electron chi connectivity index (χ0n) is 5.61. The third-order valence-electron chi connectivity index (χ3n) is 0.425. The SMILES string of the molecule is CO.CO.c1ccoc1. The summed E-state index contributed by atoms with van der Waals surface area (Å²) in [6.07, 6.45) is 3.25. The molecule has 3 nitrogen and oxygen atoms in total. The lowest BCUT2D eigenvalue weighted by Crippen LogP contribution is -1.25. The number of furan rings is 1. The molecule has 0 atom stereocenters. The van der Waals surface area contributed by atoms with Gasteiger partial charge in [0.1, 0.15) is 0 Å². The summed E-state index contributed by atoms with van der Waals surface area (Å²) < 4.78 is 4.58. The molecular weight excluding hydrogens is 120 g/mol. The molecule has 0 amide bonds. The summed E-state index contributed by atoms with van der Waals surface area (Å²) in [5.41, 5.74) is 0. The van der Waals surface area contributed by atoms with Gasteiger partial charge in [-0.25, -0.2) is 0 Å². The largest absolute Gasteiger partial charge is 0.473 e. The van der Waals surface area contributed by atoms with Crippen LogP contribution in [0.5, 0.6) is 0 Å². The maximum atomic E-state index is 7.00. The van der Waals surface area contributed by atoms with Gasteiger partial charge >= 0.3 is 0 Å². The fourth-order valence-corrected chi connectivity index (χ4v) is 0.227. The van der Waals surface area contributed by atoms with Gasteiger partial charge in [-0.05, 0) is 12.1 Å². The Kier molecular flexibility index (Phi) is 19.3. The van der Waals surface area contributed by atoms with Crippen molar-refractivity contribution in [3.05, 3.63) is 24.7 Å². The first-order chi connectivity index (χ1) is 4.50. The zero-order valence-corrected chi connectivity index (χ0v) is 5.61. The van der Waals surface area contributed by atoms with Crippen LogP contribution in [0.3, 0.4) is 0 Å². The van der Waals surface area contributed by atoms with Gasteiger partial charge in [0.15, 0.2) is 0 Å². The predicted molar refractivity (Wildman–Crippen MR) is 35.0 cm³/mol. The molecule has 0 unspecified atom stereocenters. The van der Waals surface area contributed by atoms with Crippen LogP contribution in [0.2, 0.25) is 0 Å². The lowest BCUT2D eigenvalue weighted by atomic mass is 10.7. The molecule has 0 radical (unpaired) electrons. The Morgan fingerprint density at radius 3 is 1.33 bits per heavy atom. The Balaban J connectivity index is 0. The van der Waals surface area contributed by atoms with Crippen molar-refractivity contribution in [1.29, 1.82) is 0 Å². The average molecular weight is 132 g/mol. The van der Waals surface area contributed by atoms with Gasteiger partial charge in [0.25, 0.3) is 0 Å². The minimum absolute atomic E-state index is 1.00. The van der Waals surface area contributed by atoms with Gasteiger partial charge in [-0.15, -0.1) is 0 Å². The van der Waals surface area contributed by atoms with Crippen molar-refractivity contribution in [2.75, 3.05) is 14.2 Å². The maximum absolute atomic E-state index is 7.00. The molecule has 1 aromatic rings. The van der Waals surface area contributed by atoms with Crippen LogP contribution in [-0.4, -0.2) is 24.4 Å². The molecule has 0 spiro atoms. The minimum atomic E-state index is 1.00. The van der Waals surface area contributed by atoms with Crippen LogP contribution in [0.4, 0.5) is 0 Å². The van der Waals surface area contributed by atoms with Crippen molar-refractivity contribution < 1.29 is 14.6 Å². The number of hydrogen-bond donors (Lipinski definition) is 2. The molecule has 0 saturated heterocycles. The van der Waals surface area contributed by atoms with Gasteiger partial charge in [0.05, 0.1) is 12.5 Å². The molecule has 0 aliphatic heterocycles. The Morgan fingerprint density at radius 2 is 1.22 bits per heavy atom. The molecule has 1 aromatic heterocycles. The molecular formula is C6H12O3. The van der Waals surface area contributed by atoms with Crippen molar-refractivity contribution in [1.82, 2.24) is 0 Å². The van der Waals surface area contributed by atoms with Gasteiger partial charge in [0, 0.05) is 14.2 Å². The highest BCUT2D eigenvalue weighted by Gasteiger charge is 1.58. The van der Waals surface area contributed by atoms with E-state index in [2.05, 4.69) is 4.42 Å². The van der Waals surface area contributed by atoms with Crippen molar-refractivity contribution in [2.45, 2.75) is 0 Å². The molecule has 0 saturated carbocycles. The first-order valence-corrected chi connectivity index (χ1v) is 2.37. The van der Waals surface area contributed by atoms with Crippen LogP contribution in [0, 0.1) is 0 Å². The minimum Gasteiger partial charge on any atom is -0.473 e. The molecule has 0 fully saturated rings. The topological polar surface area (TPSA) is 53.6 Å². The quantitative estimate of drug-likeness (QED) is 0.540. The van der Waals surface area contributed by atoms with Gasteiger partial charge in [-0.1, -0.05) is 0 Å². The molecule has 0 aliphatic rings. The van der Waals surface area contributed by atoms with Crippen LogP contribution < -0.4 is 0 Å². The molecule has 0 aliphatic carbocycles. The Bertz CT molecular complexity index is 64.8. The van der Waals surface area contributed by atoms with Gasteiger partial charge in [-0.3, -0.25) is 0 Å². The van der Waals surface area contributed by atoms with Gasteiger partial charge in [0.2, 0.25) is 0 Å². The van der Waals surface area contributed by atoms with E-state index in [1.807, 2.05) is 12.1 Å². The second-order valence-electron chi connectivity index (χ2n) is 0.793. The van der Waals surface area contributed by atoms with E-state index in [0.717, 1.165) is 14.2 Å². The summed E-state index contributed by atoms with van der Waals surface area (Å²) in [7, 11) is 2.00. The van der Waals surface area contributed by atoms with E-state index < -0.39 is 0 Å². The van der Waals surface area contributed by atoms with Crippen LogP contribution in [-0.2, 0) is 0 Å². The molecule has 3 heteroatoms. The Hall–Kier alpha value is -0.800. The van der Waals surface area contributed by atoms with Gasteiger partial charge < -0.3 is 14.6 Å². The van der Waals surface area contributed by atoms with E-state index in [-0.39, 0.29) is 0 Å². The van der Waals surface area contributed by atoms with E-state index in [0.29, 0.717) is 0 Å². The van der Waals surface area contributed by atoms with E-state index in [9.17, 15) is 0 Å². The molecule has 0 aromatic carbocycles. The Morgan fingerprint density at radius 1 is 0.889 bits per heavy atom. The number of hydrogen-bond acceptors (Lipinski definition) is 3. The third kappa shape index (κ3) is 11.0. The normalized spacial score (nSPS) is 5.78. The molecule has 9 heavy (non-hydrogen) atoms. The average Bonchev–Trinajstić information content (AvgIpc) is 2.51. The Labute approximate surface area is 54.6 Å². The number of aliphatic hydroxyl groups is 2. The van der Waals surface area contributed by atoms with Crippen molar-refractivity contribution in [3.63, 3.8) is 0 Å². The first-order valence-electron chi connectivity index (χ1n) is 2.37. The van der Waals surface area contributed by atoms with Crippen molar-refractivity contribution >= 4 is 0 Å². The third-order valence-corrected chi connectivity index (χ3v) is 0.425. The van der Waals surface area contributed by atoms with E-state index in [4.69, 9.17) is 10.2 Å². The fraction of sp³-hybridized carbons (Fsp3) is 0.333. The smallest absolute Gasteiger partial charge is 0.0902 e. The number of aliphatic hydroxyl groups excluding tert-OH is 2. The summed E-state index contributed by atoms with van der Waals surface area (Å²) in [5.74, 6) is 0. The van der Waals surface area contributed by atoms with Crippen LogP contribution in [0.1, 0.15) is 0 Å². The molecule has 54 valence electrons. The summed E-state index contributed by atoms with van der Waals surface area (Å²) in [6.45, 7) is 0. The number of rotatable bonds is 0. The maximum Gasteiger partial charge on any atom is 0.0902 e. The summed E-state index contributed by atoms with van der Waals surface area (Å²) in [5, 5.41) is 14.0. The predicted octanol–water partition coefficient (Wildman–Crippen LogP) is 0.497. The van der Waals surface area contributed by atoms with E-state index in [1.54, 1.807) is 12.5 Å². The lowest BCUT2D eigenvalue weighted by Gasteiger charge is -1.50. The first kappa shape index (κ1) is 11.1. The highest BCUT2D eigenvalue weighted by Crippen LogP contribution is 1.79.